The smallest absolute Gasteiger partial charge is 0.255 e. The van der Waals surface area contributed by atoms with Crippen molar-refractivity contribution in [1.82, 2.24) is 4.98 Å². The summed E-state index contributed by atoms with van der Waals surface area (Å²) in [7, 11) is 1.57. The van der Waals surface area contributed by atoms with Gasteiger partial charge in [0.15, 0.2) is 0 Å². The number of para-hydroxylation sites is 2. The highest BCUT2D eigenvalue weighted by molar-refractivity contribution is 6.05. The first-order chi connectivity index (χ1) is 9.74. The van der Waals surface area contributed by atoms with Gasteiger partial charge in [0.2, 0.25) is 0 Å². The molecule has 0 unspecified atom stereocenters. The third kappa shape index (κ3) is 3.26. The molecule has 1 aromatic heterocycles. The number of anilines is 2. The fraction of sp³-hybridized carbons (Fsp3) is 0.200. The van der Waals surface area contributed by atoms with Gasteiger partial charge < -0.3 is 15.4 Å². The van der Waals surface area contributed by atoms with E-state index < -0.39 is 0 Å². The predicted octanol–water partition coefficient (Wildman–Crippen LogP) is 2.77. The van der Waals surface area contributed by atoms with Crippen LogP contribution in [-0.4, -0.2) is 24.5 Å². The second-order valence-electron chi connectivity index (χ2n) is 4.11. The summed E-state index contributed by atoms with van der Waals surface area (Å²) in [4.78, 5) is 16.4. The van der Waals surface area contributed by atoms with E-state index in [0.717, 1.165) is 6.54 Å². The SMILES string of the molecule is CCNc1cc(C(=O)Nc2ccccc2OC)ccn1. The first-order valence-corrected chi connectivity index (χ1v) is 6.39. The van der Waals surface area contributed by atoms with Crippen LogP contribution in [0.1, 0.15) is 17.3 Å². The second-order valence-corrected chi connectivity index (χ2v) is 4.11. The van der Waals surface area contributed by atoms with Gasteiger partial charge in [-0.05, 0) is 31.2 Å². The van der Waals surface area contributed by atoms with E-state index in [4.69, 9.17) is 4.74 Å². The summed E-state index contributed by atoms with van der Waals surface area (Å²) in [5.41, 5.74) is 1.18. The third-order valence-corrected chi connectivity index (χ3v) is 2.74. The molecular weight excluding hydrogens is 254 g/mol. The Morgan fingerprint density at radius 1 is 1.30 bits per heavy atom. The van der Waals surface area contributed by atoms with Crippen LogP contribution in [0.5, 0.6) is 5.75 Å². The number of nitrogens with zero attached hydrogens (tertiary/aromatic N) is 1. The summed E-state index contributed by atoms with van der Waals surface area (Å²) in [6, 6.07) is 10.7. The number of pyridine rings is 1. The van der Waals surface area contributed by atoms with Gasteiger partial charge in [-0.1, -0.05) is 12.1 Å². The quantitative estimate of drug-likeness (QED) is 0.877. The lowest BCUT2D eigenvalue weighted by Gasteiger charge is -2.10. The van der Waals surface area contributed by atoms with Crippen molar-refractivity contribution >= 4 is 17.4 Å². The number of hydrogen-bond acceptors (Lipinski definition) is 4. The maximum atomic E-state index is 12.2. The van der Waals surface area contributed by atoms with E-state index in [-0.39, 0.29) is 5.91 Å². The zero-order valence-corrected chi connectivity index (χ0v) is 11.5. The van der Waals surface area contributed by atoms with Crippen molar-refractivity contribution < 1.29 is 9.53 Å². The Hall–Kier alpha value is -2.56. The lowest BCUT2D eigenvalue weighted by molar-refractivity contribution is 0.102. The number of aromatic nitrogens is 1. The van der Waals surface area contributed by atoms with Crippen molar-refractivity contribution in [2.75, 3.05) is 24.3 Å². The van der Waals surface area contributed by atoms with E-state index in [2.05, 4.69) is 15.6 Å². The van der Waals surface area contributed by atoms with E-state index in [1.54, 1.807) is 37.6 Å². The summed E-state index contributed by atoms with van der Waals surface area (Å²) in [6.45, 7) is 2.73. The molecule has 2 aromatic rings. The van der Waals surface area contributed by atoms with Crippen LogP contribution in [0.25, 0.3) is 0 Å². The van der Waals surface area contributed by atoms with Crippen molar-refractivity contribution in [2.24, 2.45) is 0 Å². The first kappa shape index (κ1) is 13.9. The number of nitrogens with one attached hydrogen (secondary N) is 2. The fourth-order valence-corrected chi connectivity index (χ4v) is 1.79. The minimum atomic E-state index is -0.198. The van der Waals surface area contributed by atoms with E-state index in [9.17, 15) is 4.79 Å². The molecule has 5 nitrogen and oxygen atoms in total. The molecule has 0 saturated heterocycles. The number of carbonyl (C=O) groups is 1. The molecule has 0 aliphatic rings. The Kier molecular flexibility index (Phi) is 4.55. The molecule has 2 N–H and O–H groups in total. The van der Waals surface area contributed by atoms with Crippen LogP contribution in [-0.2, 0) is 0 Å². The highest BCUT2D eigenvalue weighted by Gasteiger charge is 2.10. The average Bonchev–Trinajstić information content (AvgIpc) is 2.48. The van der Waals surface area contributed by atoms with Crippen molar-refractivity contribution in [3.63, 3.8) is 0 Å². The number of ether oxygens (including phenoxy) is 1. The fourth-order valence-electron chi connectivity index (χ4n) is 1.79. The third-order valence-electron chi connectivity index (χ3n) is 2.74. The molecule has 0 aliphatic heterocycles. The van der Waals surface area contributed by atoms with E-state index in [1.807, 2.05) is 19.1 Å². The molecule has 0 radical (unpaired) electrons. The lowest BCUT2D eigenvalue weighted by atomic mass is 10.2. The maximum absolute atomic E-state index is 12.2. The number of benzene rings is 1. The molecule has 1 aromatic carbocycles. The number of methoxy groups -OCH3 is 1. The lowest BCUT2D eigenvalue weighted by Crippen LogP contribution is -2.13. The standard InChI is InChI=1S/C15H17N3O2/c1-3-16-14-10-11(8-9-17-14)15(19)18-12-6-4-5-7-13(12)20-2/h4-10H,3H2,1-2H3,(H,16,17)(H,18,19). The van der Waals surface area contributed by atoms with Gasteiger partial charge in [-0.15, -0.1) is 0 Å². The molecule has 0 fully saturated rings. The topological polar surface area (TPSA) is 63.2 Å². The van der Waals surface area contributed by atoms with Gasteiger partial charge in [-0.2, -0.15) is 0 Å². The normalized spacial score (nSPS) is 9.90. The van der Waals surface area contributed by atoms with Gasteiger partial charge in [-0.3, -0.25) is 4.79 Å². The van der Waals surface area contributed by atoms with Gasteiger partial charge in [0.05, 0.1) is 12.8 Å². The summed E-state index contributed by atoms with van der Waals surface area (Å²) in [6.07, 6.45) is 1.61. The van der Waals surface area contributed by atoms with Gasteiger partial charge in [-0.25, -0.2) is 4.98 Å². The maximum Gasteiger partial charge on any atom is 0.255 e. The molecule has 1 heterocycles. The van der Waals surface area contributed by atoms with Crippen LogP contribution < -0.4 is 15.4 Å². The monoisotopic (exact) mass is 271 g/mol. The highest BCUT2D eigenvalue weighted by atomic mass is 16.5. The highest BCUT2D eigenvalue weighted by Crippen LogP contribution is 2.23. The zero-order chi connectivity index (χ0) is 14.4. The molecule has 0 aliphatic carbocycles. The molecule has 2 rings (SSSR count). The van der Waals surface area contributed by atoms with Crippen LogP contribution in [0.15, 0.2) is 42.6 Å². The number of rotatable bonds is 5. The molecule has 1 amide bonds. The molecule has 0 spiro atoms. The molecule has 5 heteroatoms. The molecule has 0 bridgehead atoms. The van der Waals surface area contributed by atoms with Crippen molar-refractivity contribution in [2.45, 2.75) is 6.92 Å². The average molecular weight is 271 g/mol. The Morgan fingerprint density at radius 3 is 2.85 bits per heavy atom. The van der Waals surface area contributed by atoms with Crippen molar-refractivity contribution in [3.8, 4) is 5.75 Å². The molecule has 0 saturated carbocycles. The number of hydrogen-bond donors (Lipinski definition) is 2. The largest absolute Gasteiger partial charge is 0.495 e. The van der Waals surface area contributed by atoms with Gasteiger partial charge in [0.1, 0.15) is 11.6 Å². The van der Waals surface area contributed by atoms with Crippen LogP contribution in [0.2, 0.25) is 0 Å². The molecule has 20 heavy (non-hydrogen) atoms. The van der Waals surface area contributed by atoms with E-state index in [1.165, 1.54) is 0 Å². The Balaban J connectivity index is 2.17. The predicted molar refractivity (Wildman–Crippen MR) is 79.3 cm³/mol. The first-order valence-electron chi connectivity index (χ1n) is 6.39. The van der Waals surface area contributed by atoms with E-state index >= 15 is 0 Å². The Bertz CT molecular complexity index is 599. The zero-order valence-electron chi connectivity index (χ0n) is 11.5. The van der Waals surface area contributed by atoms with Gasteiger partial charge in [0.25, 0.3) is 5.91 Å². The Labute approximate surface area is 118 Å². The number of carbonyl (C=O) groups excluding carboxylic acids is 1. The minimum Gasteiger partial charge on any atom is -0.495 e. The molecular formula is C15H17N3O2. The Morgan fingerprint density at radius 2 is 2.10 bits per heavy atom. The van der Waals surface area contributed by atoms with Crippen LogP contribution in [0, 0.1) is 0 Å². The van der Waals surface area contributed by atoms with Crippen LogP contribution in [0.4, 0.5) is 11.5 Å². The van der Waals surface area contributed by atoms with Crippen LogP contribution >= 0.6 is 0 Å². The van der Waals surface area contributed by atoms with Crippen molar-refractivity contribution in [1.29, 1.82) is 0 Å². The van der Waals surface area contributed by atoms with E-state index in [0.29, 0.717) is 22.8 Å². The van der Waals surface area contributed by atoms with Gasteiger partial charge >= 0.3 is 0 Å². The number of amides is 1. The summed E-state index contributed by atoms with van der Waals surface area (Å²) >= 11 is 0. The molecule has 0 atom stereocenters. The van der Waals surface area contributed by atoms with Gasteiger partial charge in [0, 0.05) is 18.3 Å². The second kappa shape index (κ2) is 6.56. The van der Waals surface area contributed by atoms with Crippen molar-refractivity contribution in [3.05, 3.63) is 48.2 Å². The summed E-state index contributed by atoms with van der Waals surface area (Å²) < 4.78 is 5.20. The summed E-state index contributed by atoms with van der Waals surface area (Å²) in [5.74, 6) is 1.11. The summed E-state index contributed by atoms with van der Waals surface area (Å²) in [5, 5.41) is 5.90. The minimum absolute atomic E-state index is 0.198. The van der Waals surface area contributed by atoms with Crippen LogP contribution in [0.3, 0.4) is 0 Å². The molecule has 104 valence electrons.